The first kappa shape index (κ1) is 11.4. The zero-order chi connectivity index (χ0) is 11.7. The fraction of sp³-hybridized carbons (Fsp3) is 0.364. The van der Waals surface area contributed by atoms with Gasteiger partial charge in [0.05, 0.1) is 23.2 Å². The van der Waals surface area contributed by atoms with Crippen LogP contribution in [0.15, 0.2) is 12.1 Å². The number of hydrogen-bond acceptors (Lipinski definition) is 3. The number of nitrogens with two attached hydrogens (primary N) is 1. The fourth-order valence-electron chi connectivity index (χ4n) is 1.35. The molecule has 0 aliphatic heterocycles. The van der Waals surface area contributed by atoms with E-state index in [0.29, 0.717) is 0 Å². The smallest absolute Gasteiger partial charge is 0.180 e. The topological polar surface area (TPSA) is 52.3 Å². The summed E-state index contributed by atoms with van der Waals surface area (Å²) < 4.78 is 18.6. The van der Waals surface area contributed by atoms with Crippen molar-refractivity contribution in [3.05, 3.63) is 28.5 Å². The van der Waals surface area contributed by atoms with Gasteiger partial charge >= 0.3 is 0 Å². The maximum Gasteiger partial charge on any atom is 0.180 e. The molecule has 0 radical (unpaired) electrons. The van der Waals surface area contributed by atoms with Crippen molar-refractivity contribution in [2.24, 2.45) is 5.73 Å². The van der Waals surface area contributed by atoms with Crippen LogP contribution >= 0.6 is 11.6 Å². The molecule has 0 heterocycles. The third-order valence-electron chi connectivity index (χ3n) is 2.30. The molecule has 0 saturated heterocycles. The minimum Gasteiger partial charge on any atom is -0.488 e. The molecule has 0 aromatic heterocycles. The van der Waals surface area contributed by atoms with E-state index in [2.05, 4.69) is 0 Å². The van der Waals surface area contributed by atoms with Crippen LogP contribution in [0.3, 0.4) is 0 Å². The molecule has 2 rings (SSSR count). The number of carbonyl (C=O) groups is 1. The highest BCUT2D eigenvalue weighted by Crippen LogP contribution is 2.35. The lowest BCUT2D eigenvalue weighted by molar-refractivity contribution is 0.0996. The van der Waals surface area contributed by atoms with Crippen LogP contribution < -0.4 is 10.5 Å². The Bertz CT molecular complexity index is 432. The summed E-state index contributed by atoms with van der Waals surface area (Å²) in [4.78, 5) is 11.5. The first-order chi connectivity index (χ1) is 7.61. The Morgan fingerprint density at radius 2 is 2.25 bits per heavy atom. The van der Waals surface area contributed by atoms with E-state index in [4.69, 9.17) is 22.1 Å². The van der Waals surface area contributed by atoms with Crippen LogP contribution in [-0.2, 0) is 0 Å². The predicted octanol–water partition coefficient (Wildman–Crippen LogP) is 2.16. The number of rotatable bonds is 4. The lowest BCUT2D eigenvalue weighted by atomic mass is 10.1. The molecule has 86 valence electrons. The average Bonchev–Trinajstić information content (AvgIpc) is 3.04. The molecular formula is C11H11ClFNO2. The third kappa shape index (κ3) is 2.33. The molecule has 1 aliphatic carbocycles. The standard InChI is InChI=1S/C11H11ClFNO2/c12-9-4-6(13)3-8(10(15)5-14)11(9)16-7-1-2-7/h3-4,7H,1-2,5,14H2. The van der Waals surface area contributed by atoms with Crippen molar-refractivity contribution in [2.45, 2.75) is 18.9 Å². The first-order valence-electron chi connectivity index (χ1n) is 5.00. The Morgan fingerprint density at radius 1 is 1.56 bits per heavy atom. The van der Waals surface area contributed by atoms with Gasteiger partial charge in [-0.1, -0.05) is 11.6 Å². The minimum atomic E-state index is -0.565. The van der Waals surface area contributed by atoms with Crippen molar-refractivity contribution >= 4 is 17.4 Å². The molecule has 0 atom stereocenters. The Morgan fingerprint density at radius 3 is 2.81 bits per heavy atom. The molecule has 0 unspecified atom stereocenters. The molecule has 0 bridgehead atoms. The van der Waals surface area contributed by atoms with E-state index in [9.17, 15) is 9.18 Å². The van der Waals surface area contributed by atoms with Gasteiger partial charge in [-0.15, -0.1) is 0 Å². The molecule has 3 nitrogen and oxygen atoms in total. The van der Waals surface area contributed by atoms with Crippen LogP contribution in [-0.4, -0.2) is 18.4 Å². The van der Waals surface area contributed by atoms with E-state index in [1.54, 1.807) is 0 Å². The predicted molar refractivity (Wildman–Crippen MR) is 58.4 cm³/mol. The van der Waals surface area contributed by atoms with Crippen molar-refractivity contribution in [1.29, 1.82) is 0 Å². The summed E-state index contributed by atoms with van der Waals surface area (Å²) in [6.07, 6.45) is 1.96. The number of ether oxygens (including phenoxy) is 1. The van der Waals surface area contributed by atoms with Gasteiger partial charge in [0.1, 0.15) is 11.6 Å². The molecule has 0 spiro atoms. The molecule has 1 aromatic carbocycles. The molecule has 5 heteroatoms. The number of halogens is 2. The first-order valence-corrected chi connectivity index (χ1v) is 5.38. The fourth-order valence-corrected chi connectivity index (χ4v) is 1.60. The lowest BCUT2D eigenvalue weighted by Gasteiger charge is -2.11. The Balaban J connectivity index is 2.40. The molecule has 1 aliphatic rings. The molecular weight excluding hydrogens is 233 g/mol. The van der Waals surface area contributed by atoms with E-state index >= 15 is 0 Å². The van der Waals surface area contributed by atoms with Crippen LogP contribution in [0.2, 0.25) is 5.02 Å². The van der Waals surface area contributed by atoms with Gasteiger partial charge in [0.25, 0.3) is 0 Å². The Hall–Kier alpha value is -1.13. The quantitative estimate of drug-likeness (QED) is 0.825. The van der Waals surface area contributed by atoms with Crippen molar-refractivity contribution in [3.63, 3.8) is 0 Å². The summed E-state index contributed by atoms with van der Waals surface area (Å²) in [5.74, 6) is -0.692. The molecule has 1 saturated carbocycles. The molecule has 1 aromatic rings. The highest BCUT2D eigenvalue weighted by Gasteiger charge is 2.27. The van der Waals surface area contributed by atoms with Gasteiger partial charge in [-0.2, -0.15) is 0 Å². The minimum absolute atomic E-state index is 0.0901. The van der Waals surface area contributed by atoms with Crippen LogP contribution in [0.5, 0.6) is 5.75 Å². The van der Waals surface area contributed by atoms with E-state index in [1.165, 1.54) is 0 Å². The highest BCUT2D eigenvalue weighted by atomic mass is 35.5. The van der Waals surface area contributed by atoms with Gasteiger partial charge in [-0.3, -0.25) is 4.79 Å². The van der Waals surface area contributed by atoms with E-state index in [1.807, 2.05) is 0 Å². The zero-order valence-electron chi connectivity index (χ0n) is 8.50. The third-order valence-corrected chi connectivity index (χ3v) is 2.58. The van der Waals surface area contributed by atoms with E-state index < -0.39 is 5.82 Å². The van der Waals surface area contributed by atoms with Crippen LogP contribution in [0, 0.1) is 5.82 Å². The van der Waals surface area contributed by atoms with Crippen molar-refractivity contribution in [1.82, 2.24) is 0 Å². The summed E-state index contributed by atoms with van der Waals surface area (Å²) in [5, 5.41) is 0.115. The van der Waals surface area contributed by atoms with Gasteiger partial charge in [0.15, 0.2) is 5.78 Å². The lowest BCUT2D eigenvalue weighted by Crippen LogP contribution is -2.16. The largest absolute Gasteiger partial charge is 0.488 e. The van der Waals surface area contributed by atoms with Crippen molar-refractivity contribution < 1.29 is 13.9 Å². The molecule has 1 fully saturated rings. The zero-order valence-corrected chi connectivity index (χ0v) is 9.26. The summed E-state index contributed by atoms with van der Waals surface area (Å²) in [7, 11) is 0. The van der Waals surface area contributed by atoms with E-state index in [0.717, 1.165) is 25.0 Å². The second-order valence-corrected chi connectivity index (χ2v) is 4.12. The van der Waals surface area contributed by atoms with Gasteiger partial charge in [-0.25, -0.2) is 4.39 Å². The summed E-state index contributed by atoms with van der Waals surface area (Å²) in [5.41, 5.74) is 5.37. The van der Waals surface area contributed by atoms with E-state index in [-0.39, 0.29) is 34.8 Å². The number of Topliss-reactive ketones (excluding diaryl/α,β-unsaturated/α-hetero) is 1. The normalized spacial score (nSPS) is 14.9. The van der Waals surface area contributed by atoms with Crippen LogP contribution in [0.25, 0.3) is 0 Å². The van der Waals surface area contributed by atoms with Gasteiger partial charge in [0, 0.05) is 0 Å². The second-order valence-electron chi connectivity index (χ2n) is 3.71. The van der Waals surface area contributed by atoms with Gasteiger partial charge in [-0.05, 0) is 25.0 Å². The van der Waals surface area contributed by atoms with Gasteiger partial charge in [0.2, 0.25) is 0 Å². The highest BCUT2D eigenvalue weighted by molar-refractivity contribution is 6.32. The monoisotopic (exact) mass is 243 g/mol. The van der Waals surface area contributed by atoms with Crippen molar-refractivity contribution in [3.8, 4) is 5.75 Å². The number of carbonyl (C=O) groups excluding carboxylic acids is 1. The summed E-state index contributed by atoms with van der Waals surface area (Å²) in [6.45, 7) is -0.194. The van der Waals surface area contributed by atoms with Crippen LogP contribution in [0.1, 0.15) is 23.2 Å². The summed E-state index contributed by atoms with van der Waals surface area (Å²) in [6, 6.07) is 2.24. The molecule has 16 heavy (non-hydrogen) atoms. The number of hydrogen-bond donors (Lipinski definition) is 1. The molecule has 2 N–H and O–H groups in total. The maximum atomic E-state index is 13.1. The Kier molecular flexibility index (Phi) is 3.12. The van der Waals surface area contributed by atoms with Crippen LogP contribution in [0.4, 0.5) is 4.39 Å². The van der Waals surface area contributed by atoms with Gasteiger partial charge < -0.3 is 10.5 Å². The SMILES string of the molecule is NCC(=O)c1cc(F)cc(Cl)c1OC1CC1. The maximum absolute atomic E-state index is 13.1. The average molecular weight is 244 g/mol. The van der Waals surface area contributed by atoms with Crippen molar-refractivity contribution in [2.75, 3.05) is 6.54 Å². The number of ketones is 1. The number of benzene rings is 1. The molecule has 0 amide bonds. The Labute approximate surface area is 97.3 Å². The second kappa shape index (κ2) is 4.39. The summed E-state index contributed by atoms with van der Waals surface area (Å²) >= 11 is 5.85.